The molecule has 0 unspecified atom stereocenters. The monoisotopic (exact) mass is 601 g/mol. The average molecular weight is 602 g/mol. The van der Waals surface area contributed by atoms with Crippen molar-refractivity contribution in [2.75, 3.05) is 18.6 Å². The van der Waals surface area contributed by atoms with Gasteiger partial charge in [0.1, 0.15) is 30.0 Å². The van der Waals surface area contributed by atoms with E-state index in [9.17, 15) is 25.4 Å². The first-order chi connectivity index (χ1) is 19.7. The quantitative estimate of drug-likeness (QED) is 0.371. The van der Waals surface area contributed by atoms with Crippen LogP contribution >= 0.6 is 23.2 Å². The zero-order valence-electron chi connectivity index (χ0n) is 22.0. The molecule has 1 aromatic heterocycles. The molecule has 1 saturated carbocycles. The minimum absolute atomic E-state index is 0.240. The Kier molecular flexibility index (Phi) is 8.91. The van der Waals surface area contributed by atoms with Crippen LogP contribution < -0.4 is 4.90 Å². The zero-order valence-corrected chi connectivity index (χ0v) is 23.6. The molecule has 216 valence electrons. The Labute approximate surface area is 246 Å². The summed E-state index contributed by atoms with van der Waals surface area (Å²) in [5, 5.41) is 50.9. The summed E-state index contributed by atoms with van der Waals surface area (Å²) in [4.78, 5) is 15.8. The minimum atomic E-state index is -1.33. The maximum absolute atomic E-state index is 14.4. The van der Waals surface area contributed by atoms with Crippen molar-refractivity contribution in [3.63, 3.8) is 0 Å². The second-order valence-corrected chi connectivity index (χ2v) is 11.0. The van der Waals surface area contributed by atoms with Crippen LogP contribution in [0.3, 0.4) is 0 Å². The molecule has 2 heterocycles. The number of rotatable bonds is 7. The number of aliphatic hydroxyl groups excluding tert-OH is 3. The van der Waals surface area contributed by atoms with E-state index in [1.807, 2.05) is 6.07 Å². The average Bonchev–Trinajstić information content (AvgIpc) is 3.62. The highest BCUT2D eigenvalue weighted by atomic mass is 35.5. The predicted octanol–water partition coefficient (Wildman–Crippen LogP) is 2.75. The third-order valence-electron chi connectivity index (χ3n) is 7.64. The third kappa shape index (κ3) is 5.82. The molecule has 2 fully saturated rings. The Balaban J connectivity index is 1.54. The molecule has 0 spiro atoms. The van der Waals surface area contributed by atoms with Gasteiger partial charge in [-0.25, -0.2) is 4.68 Å². The number of anilines is 1. The molecule has 5 rings (SSSR count). The summed E-state index contributed by atoms with van der Waals surface area (Å²) in [7, 11) is 1.38. The Morgan fingerprint density at radius 1 is 1.20 bits per heavy atom. The number of aliphatic hydroxyl groups is 3. The standard InChI is InChI=1S/C28H29Cl2N5O6/c1-40-26-24(34-13-20(32-33-34)16-5-7-17(29)8-6-16)25(38)23(14-36)41-27(26)28(39)35(21-3-2-4-22(21)37)19-10-15(12-31)9-18(30)11-19/h5-11,13,21-27,36-38H,2-4,14H2,1H3/t21-,22-,23+,24-,25-,26+,27+/m0/s1. The van der Waals surface area contributed by atoms with Gasteiger partial charge in [-0.2, -0.15) is 5.26 Å². The SMILES string of the molecule is CO[C@@H]1[C@@H](n2cc(-c3ccc(Cl)cc3)nn2)[C@@H](O)[C@@H](CO)O[C@H]1C(=O)N(c1cc(Cl)cc(C#N)c1)[C@H]1CCC[C@@H]1O. The highest BCUT2D eigenvalue weighted by Crippen LogP contribution is 2.37. The number of nitrogens with zero attached hydrogens (tertiary/aromatic N) is 5. The molecule has 0 bridgehead atoms. The molecule has 2 aromatic carbocycles. The van der Waals surface area contributed by atoms with E-state index in [-0.39, 0.29) is 10.6 Å². The van der Waals surface area contributed by atoms with Gasteiger partial charge in [-0.3, -0.25) is 4.79 Å². The summed E-state index contributed by atoms with van der Waals surface area (Å²) in [5.74, 6) is -0.581. The molecular weight excluding hydrogens is 573 g/mol. The first-order valence-electron chi connectivity index (χ1n) is 13.1. The van der Waals surface area contributed by atoms with Gasteiger partial charge in [-0.05, 0) is 49.6 Å². The van der Waals surface area contributed by atoms with Crippen molar-refractivity contribution >= 4 is 34.8 Å². The van der Waals surface area contributed by atoms with Gasteiger partial charge in [-0.1, -0.05) is 40.5 Å². The molecule has 1 aliphatic heterocycles. The topological polar surface area (TPSA) is 154 Å². The van der Waals surface area contributed by atoms with Gasteiger partial charge in [0.2, 0.25) is 0 Å². The van der Waals surface area contributed by atoms with Crippen LogP contribution in [-0.4, -0.2) is 86.5 Å². The lowest BCUT2D eigenvalue weighted by atomic mass is 9.91. The molecule has 0 radical (unpaired) electrons. The summed E-state index contributed by atoms with van der Waals surface area (Å²) < 4.78 is 13.1. The van der Waals surface area contributed by atoms with E-state index >= 15 is 0 Å². The van der Waals surface area contributed by atoms with Crippen LogP contribution in [-0.2, 0) is 14.3 Å². The van der Waals surface area contributed by atoms with E-state index in [4.69, 9.17) is 32.7 Å². The van der Waals surface area contributed by atoms with Crippen molar-refractivity contribution in [1.29, 1.82) is 5.26 Å². The number of hydrogen-bond acceptors (Lipinski definition) is 9. The van der Waals surface area contributed by atoms with E-state index in [0.29, 0.717) is 35.7 Å². The summed E-state index contributed by atoms with van der Waals surface area (Å²) in [6.07, 6.45) is -2.39. The fourth-order valence-electron chi connectivity index (χ4n) is 5.65. The second kappa shape index (κ2) is 12.4. The van der Waals surface area contributed by atoms with Gasteiger partial charge in [-0.15, -0.1) is 5.10 Å². The second-order valence-electron chi connectivity index (χ2n) is 10.1. The number of aromatic nitrogens is 3. The summed E-state index contributed by atoms with van der Waals surface area (Å²) in [6.45, 7) is -0.585. The van der Waals surface area contributed by atoms with Crippen molar-refractivity contribution in [3.05, 3.63) is 64.3 Å². The normalized spacial score (nSPS) is 27.9. The van der Waals surface area contributed by atoms with Crippen LogP contribution in [0, 0.1) is 11.3 Å². The summed E-state index contributed by atoms with van der Waals surface area (Å²) >= 11 is 12.3. The Morgan fingerprint density at radius 2 is 1.95 bits per heavy atom. The van der Waals surface area contributed by atoms with Crippen molar-refractivity contribution in [1.82, 2.24) is 15.0 Å². The van der Waals surface area contributed by atoms with Gasteiger partial charge < -0.3 is 29.7 Å². The van der Waals surface area contributed by atoms with Gasteiger partial charge in [0.05, 0.1) is 36.6 Å². The number of hydrogen-bond donors (Lipinski definition) is 3. The number of carbonyl (C=O) groups excluding carboxylic acids is 1. The van der Waals surface area contributed by atoms with Crippen molar-refractivity contribution in [2.45, 2.75) is 61.9 Å². The van der Waals surface area contributed by atoms with Gasteiger partial charge in [0.15, 0.2) is 6.10 Å². The van der Waals surface area contributed by atoms with Crippen LogP contribution in [0.15, 0.2) is 48.7 Å². The first kappa shape index (κ1) is 29.4. The Bertz CT molecular complexity index is 1430. The fraction of sp³-hybridized carbons (Fsp3) is 0.429. The van der Waals surface area contributed by atoms with E-state index in [1.54, 1.807) is 36.5 Å². The number of nitriles is 1. The number of carbonyl (C=O) groups is 1. The number of methoxy groups -OCH3 is 1. The zero-order chi connectivity index (χ0) is 29.3. The van der Waals surface area contributed by atoms with E-state index < -0.39 is 55.1 Å². The summed E-state index contributed by atoms with van der Waals surface area (Å²) in [6, 6.07) is 12.0. The molecule has 1 aliphatic carbocycles. The van der Waals surface area contributed by atoms with Crippen molar-refractivity contribution in [2.24, 2.45) is 0 Å². The maximum Gasteiger partial charge on any atom is 0.259 e. The van der Waals surface area contributed by atoms with Crippen LogP contribution in [0.5, 0.6) is 0 Å². The van der Waals surface area contributed by atoms with E-state index in [1.165, 1.54) is 28.8 Å². The van der Waals surface area contributed by atoms with Gasteiger partial charge in [0, 0.05) is 28.4 Å². The van der Waals surface area contributed by atoms with Crippen LogP contribution in [0.4, 0.5) is 5.69 Å². The molecule has 1 amide bonds. The number of halogens is 2. The Hall–Kier alpha value is -3.08. The van der Waals surface area contributed by atoms with E-state index in [0.717, 1.165) is 5.56 Å². The minimum Gasteiger partial charge on any atom is -0.394 e. The lowest BCUT2D eigenvalue weighted by Crippen LogP contribution is -2.62. The largest absolute Gasteiger partial charge is 0.394 e. The number of amides is 1. The predicted molar refractivity (Wildman–Crippen MR) is 149 cm³/mol. The molecule has 11 nitrogen and oxygen atoms in total. The number of benzene rings is 2. The van der Waals surface area contributed by atoms with Crippen LogP contribution in [0.25, 0.3) is 11.3 Å². The lowest BCUT2D eigenvalue weighted by molar-refractivity contribution is -0.211. The fourth-order valence-corrected chi connectivity index (χ4v) is 6.01. The van der Waals surface area contributed by atoms with Gasteiger partial charge >= 0.3 is 0 Å². The van der Waals surface area contributed by atoms with Gasteiger partial charge in [0.25, 0.3) is 5.91 Å². The number of ether oxygens (including phenoxy) is 2. The van der Waals surface area contributed by atoms with Crippen LogP contribution in [0.2, 0.25) is 10.0 Å². The lowest BCUT2D eigenvalue weighted by Gasteiger charge is -2.45. The first-order valence-corrected chi connectivity index (χ1v) is 13.9. The highest BCUT2D eigenvalue weighted by molar-refractivity contribution is 6.31. The molecule has 3 N–H and O–H groups in total. The van der Waals surface area contributed by atoms with Crippen molar-refractivity contribution < 1.29 is 29.6 Å². The molecule has 13 heteroatoms. The van der Waals surface area contributed by atoms with E-state index in [2.05, 4.69) is 10.3 Å². The molecule has 7 atom stereocenters. The molecule has 41 heavy (non-hydrogen) atoms. The highest BCUT2D eigenvalue weighted by Gasteiger charge is 2.52. The van der Waals surface area contributed by atoms with Crippen LogP contribution in [0.1, 0.15) is 30.9 Å². The Morgan fingerprint density at radius 3 is 2.59 bits per heavy atom. The third-order valence-corrected chi connectivity index (χ3v) is 8.11. The molecule has 3 aromatic rings. The summed E-state index contributed by atoms with van der Waals surface area (Å²) in [5.41, 5.74) is 1.79. The molecule has 2 aliphatic rings. The molecule has 1 saturated heterocycles. The van der Waals surface area contributed by atoms with Crippen molar-refractivity contribution in [3.8, 4) is 17.3 Å². The maximum atomic E-state index is 14.4. The smallest absolute Gasteiger partial charge is 0.259 e. The molecular formula is C28H29Cl2N5O6.